The summed E-state index contributed by atoms with van der Waals surface area (Å²) in [4.78, 5) is 21.4. The van der Waals surface area contributed by atoms with Crippen LogP contribution in [0.15, 0.2) is 12.1 Å². The zero-order chi connectivity index (χ0) is 19.1. The Labute approximate surface area is 144 Å². The average Bonchev–Trinajstić information content (AvgIpc) is 2.41. The van der Waals surface area contributed by atoms with Crippen molar-refractivity contribution in [1.82, 2.24) is 0 Å². The molecule has 0 unspecified atom stereocenters. The van der Waals surface area contributed by atoms with Crippen LogP contribution in [0.1, 0.15) is 0 Å². The monoisotopic (exact) mass is 417 g/mol. The Hall–Kier alpha value is -1.39. The van der Waals surface area contributed by atoms with Crippen molar-refractivity contribution < 1.29 is 41.0 Å². The molecule has 0 aromatic heterocycles. The first-order valence-corrected chi connectivity index (χ1v) is 6.62. The van der Waals surface area contributed by atoms with Crippen molar-refractivity contribution in [3.05, 3.63) is 27.2 Å². The van der Waals surface area contributed by atoms with E-state index in [0.29, 0.717) is 0 Å². The largest absolute Gasteiger partial charge is 0.477 e. The first-order valence-electron chi connectivity index (χ1n) is 5.49. The van der Waals surface area contributed by atoms with E-state index < -0.39 is 45.4 Å². The van der Waals surface area contributed by atoms with E-state index in [-0.39, 0.29) is 5.02 Å². The average molecular weight is 419 g/mol. The highest BCUT2D eigenvalue weighted by atomic mass is 35.5. The van der Waals surface area contributed by atoms with E-state index in [1.807, 2.05) is 0 Å². The van der Waals surface area contributed by atoms with Crippen LogP contribution < -0.4 is 5.32 Å². The van der Waals surface area contributed by atoms with Crippen LogP contribution in [0.3, 0.4) is 0 Å². The highest BCUT2D eigenvalue weighted by Gasteiger charge is 2.78. The molecular weight excluding hydrogens is 414 g/mol. The van der Waals surface area contributed by atoms with Crippen molar-refractivity contribution in [3.8, 4) is 0 Å². The Bertz CT molecular complexity index is 675. The summed E-state index contributed by atoms with van der Waals surface area (Å²) in [5.41, 5.74) is -0.804. The molecule has 4 nitrogen and oxygen atoms in total. The van der Waals surface area contributed by atoms with Crippen LogP contribution in [0.25, 0.3) is 0 Å². The van der Waals surface area contributed by atoms with Crippen molar-refractivity contribution in [2.24, 2.45) is 0 Å². The van der Waals surface area contributed by atoms with E-state index in [4.69, 9.17) is 39.9 Å². The van der Waals surface area contributed by atoms with Crippen LogP contribution in [0, 0.1) is 0 Å². The minimum atomic E-state index is -6.54. The minimum Gasteiger partial charge on any atom is -0.477 e. The van der Waals surface area contributed by atoms with Gasteiger partial charge in [-0.1, -0.05) is 34.8 Å². The van der Waals surface area contributed by atoms with E-state index in [2.05, 4.69) is 0 Å². The van der Waals surface area contributed by atoms with Gasteiger partial charge in [0.1, 0.15) is 0 Å². The quantitative estimate of drug-likeness (QED) is 0.688. The summed E-state index contributed by atoms with van der Waals surface area (Å²) in [6, 6.07) is 1.79. The molecule has 0 radical (unpaired) electrons. The summed E-state index contributed by atoms with van der Waals surface area (Å²) in [5, 5.41) is 7.92. The molecule has 1 amide bonds. The number of halogens is 9. The molecule has 2 N–H and O–H groups in total. The maximum Gasteiger partial charge on any atom is 0.411 e. The van der Waals surface area contributed by atoms with E-state index in [1.54, 1.807) is 0 Å². The third-order valence-corrected chi connectivity index (χ3v) is 3.40. The van der Waals surface area contributed by atoms with Crippen molar-refractivity contribution in [1.29, 1.82) is 0 Å². The molecule has 0 fully saturated rings. The number of amides is 1. The molecule has 0 aliphatic carbocycles. The van der Waals surface area contributed by atoms with Crippen LogP contribution in [-0.4, -0.2) is 34.8 Å². The van der Waals surface area contributed by atoms with Gasteiger partial charge in [-0.25, -0.2) is 4.79 Å². The number of carbonyl (C=O) groups excluding carboxylic acids is 1. The minimum absolute atomic E-state index is 0.0995. The number of hydrogen-bond donors (Lipinski definition) is 2. The Morgan fingerprint density at radius 1 is 0.917 bits per heavy atom. The number of carboxylic acids is 1. The second-order valence-corrected chi connectivity index (χ2v) is 5.48. The van der Waals surface area contributed by atoms with Gasteiger partial charge in [0, 0.05) is 5.02 Å². The van der Waals surface area contributed by atoms with Crippen LogP contribution in [0.5, 0.6) is 0 Å². The van der Waals surface area contributed by atoms with Crippen LogP contribution >= 0.6 is 34.8 Å². The van der Waals surface area contributed by atoms with Gasteiger partial charge in [0.15, 0.2) is 0 Å². The third kappa shape index (κ3) is 3.35. The predicted molar refractivity (Wildman–Crippen MR) is 72.6 cm³/mol. The Kier molecular flexibility index (Phi) is 5.58. The van der Waals surface area contributed by atoms with Crippen LogP contribution in [0.4, 0.5) is 32.0 Å². The zero-order valence-electron chi connectivity index (χ0n) is 10.8. The summed E-state index contributed by atoms with van der Waals surface area (Å²) in [6.07, 6.45) is 0. The van der Waals surface area contributed by atoms with Crippen molar-refractivity contribution in [2.75, 3.05) is 5.32 Å². The summed E-state index contributed by atoms with van der Waals surface area (Å²) >= 11 is 16.6. The predicted octanol–water partition coefficient (Wildman–Crippen LogP) is 4.58. The molecule has 13 heteroatoms. The van der Waals surface area contributed by atoms with E-state index in [9.17, 15) is 35.9 Å². The van der Waals surface area contributed by atoms with Gasteiger partial charge in [-0.15, -0.1) is 0 Å². The number of anilines is 1. The summed E-state index contributed by atoms with van der Waals surface area (Å²) in [6.45, 7) is 0. The SMILES string of the molecule is O=C(O)C(F)(F)C(F)(F)C(F)(F)C(=O)Nc1c(Cl)cc(Cl)cc1Cl. The number of aliphatic carboxylic acids is 1. The first kappa shape index (κ1) is 20.7. The Morgan fingerprint density at radius 2 is 1.33 bits per heavy atom. The molecule has 0 heterocycles. The molecule has 0 bridgehead atoms. The highest BCUT2D eigenvalue weighted by molar-refractivity contribution is 6.42. The fourth-order valence-electron chi connectivity index (χ4n) is 1.33. The maximum absolute atomic E-state index is 13.5. The lowest BCUT2D eigenvalue weighted by atomic mass is 10.0. The van der Waals surface area contributed by atoms with Gasteiger partial charge in [-0.05, 0) is 12.1 Å². The van der Waals surface area contributed by atoms with E-state index in [0.717, 1.165) is 17.4 Å². The van der Waals surface area contributed by atoms with E-state index >= 15 is 0 Å². The number of alkyl halides is 6. The lowest BCUT2D eigenvalue weighted by Crippen LogP contribution is -2.62. The molecule has 24 heavy (non-hydrogen) atoms. The zero-order valence-corrected chi connectivity index (χ0v) is 13.1. The van der Waals surface area contributed by atoms with Gasteiger partial charge in [-0.2, -0.15) is 26.3 Å². The van der Waals surface area contributed by atoms with Gasteiger partial charge in [-0.3, -0.25) is 4.79 Å². The molecule has 0 aliphatic heterocycles. The molecule has 134 valence electrons. The van der Waals surface area contributed by atoms with Crippen LogP contribution in [-0.2, 0) is 9.59 Å². The highest BCUT2D eigenvalue weighted by Crippen LogP contribution is 2.47. The Morgan fingerprint density at radius 3 is 1.71 bits per heavy atom. The summed E-state index contributed by atoms with van der Waals surface area (Å²) in [5.74, 6) is -25.4. The normalized spacial score (nSPS) is 12.9. The number of carbonyl (C=O) groups is 2. The molecule has 1 rings (SSSR count). The molecular formula is C11H4Cl3F6NO3. The lowest BCUT2D eigenvalue weighted by molar-refractivity contribution is -0.291. The second-order valence-electron chi connectivity index (χ2n) is 4.23. The second kappa shape index (κ2) is 6.49. The van der Waals surface area contributed by atoms with Gasteiger partial charge < -0.3 is 10.4 Å². The number of nitrogens with one attached hydrogen (secondary N) is 1. The topological polar surface area (TPSA) is 66.4 Å². The Balaban J connectivity index is 3.25. The third-order valence-electron chi connectivity index (χ3n) is 2.59. The fourth-order valence-corrected chi connectivity index (χ4v) is 2.24. The number of carboxylic acid groups (broad SMARTS) is 1. The number of benzene rings is 1. The van der Waals surface area contributed by atoms with Crippen molar-refractivity contribution in [2.45, 2.75) is 17.8 Å². The van der Waals surface area contributed by atoms with Gasteiger partial charge in [0.25, 0.3) is 0 Å². The van der Waals surface area contributed by atoms with Gasteiger partial charge >= 0.3 is 29.6 Å². The number of hydrogen-bond acceptors (Lipinski definition) is 2. The molecule has 0 aliphatic rings. The summed E-state index contributed by atoms with van der Waals surface area (Å²) < 4.78 is 79.1. The van der Waals surface area contributed by atoms with E-state index in [1.165, 1.54) is 0 Å². The maximum atomic E-state index is 13.5. The summed E-state index contributed by atoms with van der Waals surface area (Å²) in [7, 11) is 0. The van der Waals surface area contributed by atoms with Gasteiger partial charge in [0.05, 0.1) is 15.7 Å². The molecule has 0 atom stereocenters. The molecule has 0 saturated carbocycles. The molecule has 1 aromatic carbocycles. The lowest BCUT2D eigenvalue weighted by Gasteiger charge is -2.29. The standard InChI is InChI=1S/C11H4Cl3F6NO3/c12-3-1-4(13)6(5(14)2-3)21-7(22)9(15,16)11(19,20)10(17,18)8(23)24/h1-2H,(H,21,22)(H,23,24). The van der Waals surface area contributed by atoms with Crippen LogP contribution in [0.2, 0.25) is 15.1 Å². The fraction of sp³-hybridized carbons (Fsp3) is 0.273. The molecule has 1 aromatic rings. The van der Waals surface area contributed by atoms with Gasteiger partial charge in [0.2, 0.25) is 0 Å². The molecule has 0 saturated heterocycles. The molecule has 0 spiro atoms. The first-order chi connectivity index (χ1) is 10.7. The number of rotatable bonds is 5. The van der Waals surface area contributed by atoms with Crippen molar-refractivity contribution >= 4 is 52.4 Å². The van der Waals surface area contributed by atoms with Crippen molar-refractivity contribution in [3.63, 3.8) is 0 Å². The smallest absolute Gasteiger partial charge is 0.411 e.